The molecule has 0 aliphatic heterocycles. The van der Waals surface area contributed by atoms with Crippen molar-refractivity contribution < 1.29 is 26.3 Å². The van der Waals surface area contributed by atoms with Crippen molar-refractivity contribution in [1.82, 2.24) is 20.2 Å². The number of rotatable bonds is 5. The summed E-state index contributed by atoms with van der Waals surface area (Å²) in [7, 11) is 0. The Balaban J connectivity index is 3.24. The molecule has 11 heteroatoms. The van der Waals surface area contributed by atoms with E-state index in [1.807, 2.05) is 0 Å². The zero-order valence-electron chi connectivity index (χ0n) is 10.3. The monoisotopic (exact) mass is 305 g/mol. The maximum absolute atomic E-state index is 12.7. The average Bonchev–Trinajstić information content (AvgIpc) is 2.70. The zero-order chi connectivity index (χ0) is 15.6. The van der Waals surface area contributed by atoms with Gasteiger partial charge < -0.3 is 0 Å². The van der Waals surface area contributed by atoms with Gasteiger partial charge in [0.15, 0.2) is 5.92 Å². The van der Waals surface area contributed by atoms with Crippen molar-refractivity contribution in [2.75, 3.05) is 0 Å². The molecule has 0 saturated carbocycles. The molecule has 1 rings (SSSR count). The second kappa shape index (κ2) is 5.95. The van der Waals surface area contributed by atoms with Crippen molar-refractivity contribution in [3.63, 3.8) is 0 Å². The quantitative estimate of drug-likeness (QED) is 0.495. The fraction of sp³-hybridized carbons (Fsp3) is 0.778. The first-order valence-corrected chi connectivity index (χ1v) is 5.60. The summed E-state index contributed by atoms with van der Waals surface area (Å²) in [6.45, 7) is 1.83. The summed E-state index contributed by atoms with van der Waals surface area (Å²) >= 11 is 0. The van der Waals surface area contributed by atoms with Gasteiger partial charge in [-0.1, -0.05) is 6.92 Å². The highest BCUT2D eigenvalue weighted by Crippen LogP contribution is 2.45. The molecule has 0 amide bonds. The maximum Gasteiger partial charge on any atom is 0.402 e. The van der Waals surface area contributed by atoms with E-state index < -0.39 is 30.1 Å². The van der Waals surface area contributed by atoms with Gasteiger partial charge >= 0.3 is 12.4 Å². The maximum atomic E-state index is 12.7. The summed E-state index contributed by atoms with van der Waals surface area (Å²) in [5, 5.41) is 3.60. The Morgan fingerprint density at radius 2 is 1.80 bits per heavy atom. The molecule has 0 aromatic carbocycles. The van der Waals surface area contributed by atoms with Crippen molar-refractivity contribution in [1.29, 1.82) is 0 Å². The Kier molecular flexibility index (Phi) is 4.97. The number of hydrazine groups is 1. The second-order valence-corrected chi connectivity index (χ2v) is 4.05. The summed E-state index contributed by atoms with van der Waals surface area (Å²) in [6, 6.07) is -2.26. The lowest BCUT2D eigenvalue weighted by Gasteiger charge is -2.29. The Morgan fingerprint density at radius 1 is 1.25 bits per heavy atom. The van der Waals surface area contributed by atoms with Crippen molar-refractivity contribution in [3.05, 3.63) is 12.2 Å². The van der Waals surface area contributed by atoms with Crippen LogP contribution in [0.5, 0.6) is 0 Å². The van der Waals surface area contributed by atoms with Crippen LogP contribution in [0.15, 0.2) is 6.33 Å². The van der Waals surface area contributed by atoms with Crippen LogP contribution in [0.25, 0.3) is 0 Å². The molecule has 0 saturated heterocycles. The molecule has 116 valence electrons. The molecule has 0 radical (unpaired) electrons. The Morgan fingerprint density at radius 3 is 2.20 bits per heavy atom. The van der Waals surface area contributed by atoms with Gasteiger partial charge in [0.25, 0.3) is 0 Å². The lowest BCUT2D eigenvalue weighted by atomic mass is 9.98. The number of hydrogen-bond donors (Lipinski definition) is 2. The Hall–Kier alpha value is -1.36. The molecule has 3 N–H and O–H groups in total. The van der Waals surface area contributed by atoms with Crippen LogP contribution in [-0.4, -0.2) is 27.1 Å². The van der Waals surface area contributed by atoms with Crippen LogP contribution in [-0.2, 0) is 6.54 Å². The highest BCUT2D eigenvalue weighted by atomic mass is 19.4. The first-order valence-electron chi connectivity index (χ1n) is 5.60. The molecule has 0 spiro atoms. The van der Waals surface area contributed by atoms with Crippen molar-refractivity contribution in [2.45, 2.75) is 38.3 Å². The van der Waals surface area contributed by atoms with Crippen LogP contribution in [0.4, 0.5) is 26.3 Å². The minimum Gasteiger partial charge on any atom is -0.271 e. The molecular weight excluding hydrogens is 292 g/mol. The lowest BCUT2D eigenvalue weighted by Crippen LogP contribution is -2.48. The van der Waals surface area contributed by atoms with Crippen molar-refractivity contribution in [2.24, 2.45) is 11.8 Å². The van der Waals surface area contributed by atoms with Gasteiger partial charge in [-0.05, 0) is 6.42 Å². The normalized spacial score (nSPS) is 14.8. The number of aryl methyl sites for hydroxylation is 1. The van der Waals surface area contributed by atoms with Gasteiger partial charge in [-0.15, -0.1) is 0 Å². The topological polar surface area (TPSA) is 68.8 Å². The van der Waals surface area contributed by atoms with E-state index in [1.165, 1.54) is 0 Å². The van der Waals surface area contributed by atoms with Gasteiger partial charge in [0.2, 0.25) is 0 Å². The molecule has 1 aromatic rings. The van der Waals surface area contributed by atoms with E-state index in [0.717, 1.165) is 11.0 Å². The summed E-state index contributed by atoms with van der Waals surface area (Å²) in [5.74, 6) is 0.720. The lowest BCUT2D eigenvalue weighted by molar-refractivity contribution is -0.293. The largest absolute Gasteiger partial charge is 0.402 e. The average molecular weight is 305 g/mol. The standard InChI is InChI=1S/C9H13F6N5/c1-2-3-20-7(17-4-18-20)5(19-16)6(8(10,11)12)9(13,14)15/h4-6,19H,2-3,16H2,1H3. The number of alkyl halides is 6. The molecular formula is C9H13F6N5. The van der Waals surface area contributed by atoms with Gasteiger partial charge in [-0.25, -0.2) is 15.1 Å². The van der Waals surface area contributed by atoms with Crippen LogP contribution in [0.2, 0.25) is 0 Å². The van der Waals surface area contributed by atoms with E-state index in [-0.39, 0.29) is 6.54 Å². The Bertz CT molecular complexity index is 411. The predicted molar refractivity (Wildman–Crippen MR) is 56.0 cm³/mol. The number of nitrogens with one attached hydrogen (secondary N) is 1. The van der Waals surface area contributed by atoms with Crippen LogP contribution in [0.3, 0.4) is 0 Å². The first kappa shape index (κ1) is 16.7. The number of halogens is 6. The minimum absolute atomic E-state index is 0.135. The summed E-state index contributed by atoms with van der Waals surface area (Å²) in [5.41, 5.74) is 1.55. The fourth-order valence-corrected chi connectivity index (χ4v) is 1.78. The fourth-order valence-electron chi connectivity index (χ4n) is 1.78. The number of nitrogens with two attached hydrogens (primary N) is 1. The molecule has 5 nitrogen and oxygen atoms in total. The van der Waals surface area contributed by atoms with E-state index in [0.29, 0.717) is 6.42 Å². The number of aromatic nitrogens is 3. The summed E-state index contributed by atoms with van der Waals surface area (Å²) in [4.78, 5) is 3.46. The Labute approximate surface area is 110 Å². The van der Waals surface area contributed by atoms with E-state index in [1.54, 1.807) is 12.3 Å². The van der Waals surface area contributed by atoms with Crippen molar-refractivity contribution in [3.8, 4) is 0 Å². The molecule has 1 aromatic heterocycles. The first-order chi connectivity index (χ1) is 9.12. The minimum atomic E-state index is -5.52. The van der Waals surface area contributed by atoms with Gasteiger partial charge in [0, 0.05) is 6.54 Å². The van der Waals surface area contributed by atoms with E-state index in [2.05, 4.69) is 10.1 Å². The van der Waals surface area contributed by atoms with Gasteiger partial charge in [-0.2, -0.15) is 31.4 Å². The van der Waals surface area contributed by atoms with Crippen LogP contribution in [0, 0.1) is 5.92 Å². The smallest absolute Gasteiger partial charge is 0.271 e. The van der Waals surface area contributed by atoms with Gasteiger partial charge in [0.05, 0.1) is 0 Å². The molecule has 0 aliphatic rings. The van der Waals surface area contributed by atoms with E-state index in [9.17, 15) is 26.3 Å². The molecule has 20 heavy (non-hydrogen) atoms. The molecule has 0 aliphatic carbocycles. The predicted octanol–water partition coefficient (Wildman–Crippen LogP) is 1.93. The molecule has 0 fully saturated rings. The summed E-state index contributed by atoms with van der Waals surface area (Å²) in [6.07, 6.45) is -9.67. The highest BCUT2D eigenvalue weighted by molar-refractivity contribution is 5.01. The number of hydrogen-bond acceptors (Lipinski definition) is 4. The molecule has 1 unspecified atom stereocenters. The summed E-state index contributed by atoms with van der Waals surface area (Å²) < 4.78 is 77.1. The van der Waals surface area contributed by atoms with Crippen LogP contribution < -0.4 is 11.3 Å². The zero-order valence-corrected chi connectivity index (χ0v) is 10.3. The number of nitrogens with zero attached hydrogens (tertiary/aromatic N) is 3. The third kappa shape index (κ3) is 3.60. The van der Waals surface area contributed by atoms with E-state index >= 15 is 0 Å². The van der Waals surface area contributed by atoms with Crippen molar-refractivity contribution >= 4 is 0 Å². The molecule has 0 bridgehead atoms. The van der Waals surface area contributed by atoms with Crippen LogP contribution in [0.1, 0.15) is 25.2 Å². The second-order valence-electron chi connectivity index (χ2n) is 4.05. The van der Waals surface area contributed by atoms with E-state index in [4.69, 9.17) is 5.84 Å². The molecule has 1 heterocycles. The molecule has 1 atom stereocenters. The third-order valence-corrected chi connectivity index (χ3v) is 2.58. The van der Waals surface area contributed by atoms with Crippen LogP contribution >= 0.6 is 0 Å². The third-order valence-electron chi connectivity index (χ3n) is 2.58. The van der Waals surface area contributed by atoms with Gasteiger partial charge in [-0.3, -0.25) is 5.84 Å². The SMILES string of the molecule is CCCn1ncnc1C(NN)C(C(F)(F)F)C(F)(F)F. The highest BCUT2D eigenvalue weighted by Gasteiger charge is 2.61. The van der Waals surface area contributed by atoms with Gasteiger partial charge in [0.1, 0.15) is 18.2 Å².